The Bertz CT molecular complexity index is 478. The molecule has 8 heteroatoms. The first-order valence-corrected chi connectivity index (χ1v) is 6.27. The number of nitrogens with one attached hydrogen (secondary N) is 1. The summed E-state index contributed by atoms with van der Waals surface area (Å²) in [6, 6.07) is 3.78. The molecule has 0 aromatic heterocycles. The summed E-state index contributed by atoms with van der Waals surface area (Å²) in [5.74, 6) is -0.925. The number of rotatable bonds is 7. The van der Waals surface area contributed by atoms with Crippen LogP contribution in [0.3, 0.4) is 0 Å². The summed E-state index contributed by atoms with van der Waals surface area (Å²) in [6.07, 6.45) is -4.86. The summed E-state index contributed by atoms with van der Waals surface area (Å²) in [5.41, 5.74) is 5.63. The van der Waals surface area contributed by atoms with Crippen LogP contribution in [0.4, 0.5) is 28.9 Å². The van der Waals surface area contributed by atoms with Crippen molar-refractivity contribution in [3.05, 3.63) is 24.0 Å². The fourth-order valence-electron chi connectivity index (χ4n) is 1.47. The molecule has 1 rings (SSSR count). The number of nitrogens with two attached hydrogens (primary N) is 1. The molecule has 1 aromatic carbocycles. The number of hydrogen-bond acceptors (Lipinski definition) is 3. The molecule has 0 spiro atoms. The lowest BCUT2D eigenvalue weighted by atomic mass is 10.2. The number of alkyl halides is 3. The molecule has 1 aromatic rings. The number of anilines is 2. The molecule has 0 heterocycles. The summed E-state index contributed by atoms with van der Waals surface area (Å²) in [4.78, 5) is 11.5. The van der Waals surface area contributed by atoms with Gasteiger partial charge in [-0.15, -0.1) is 0 Å². The standard InChI is InChI=1S/C13H16F4N2O2/c14-10-4-3-9(8-11(10)18)19-12(20)2-1-6-21-7-5-13(15,16)17/h3-4,8H,1-2,5-7,18H2,(H,19,20). The quantitative estimate of drug-likeness (QED) is 0.462. The molecule has 3 N–H and O–H groups in total. The van der Waals surface area contributed by atoms with Crippen molar-refractivity contribution in [1.82, 2.24) is 0 Å². The van der Waals surface area contributed by atoms with E-state index in [0.717, 1.165) is 6.07 Å². The average molecular weight is 308 g/mol. The van der Waals surface area contributed by atoms with Crippen LogP contribution in [-0.2, 0) is 9.53 Å². The number of hydrogen-bond donors (Lipinski definition) is 2. The van der Waals surface area contributed by atoms with Gasteiger partial charge in [0.2, 0.25) is 5.91 Å². The third-order valence-electron chi connectivity index (χ3n) is 2.50. The molecule has 21 heavy (non-hydrogen) atoms. The van der Waals surface area contributed by atoms with Crippen LogP contribution in [0.1, 0.15) is 19.3 Å². The van der Waals surface area contributed by atoms with Crippen LogP contribution in [0.2, 0.25) is 0 Å². The highest BCUT2D eigenvalue weighted by atomic mass is 19.4. The Morgan fingerprint density at radius 1 is 1.29 bits per heavy atom. The molecular weight excluding hydrogens is 292 g/mol. The number of carbonyl (C=O) groups is 1. The van der Waals surface area contributed by atoms with E-state index in [9.17, 15) is 22.4 Å². The topological polar surface area (TPSA) is 64.3 Å². The molecule has 0 saturated heterocycles. The van der Waals surface area contributed by atoms with Gasteiger partial charge in [-0.25, -0.2) is 4.39 Å². The van der Waals surface area contributed by atoms with Crippen molar-refractivity contribution in [2.75, 3.05) is 24.3 Å². The van der Waals surface area contributed by atoms with Crippen LogP contribution in [0.5, 0.6) is 0 Å². The van der Waals surface area contributed by atoms with Crippen molar-refractivity contribution in [1.29, 1.82) is 0 Å². The molecule has 0 radical (unpaired) electrons. The van der Waals surface area contributed by atoms with Gasteiger partial charge in [-0.2, -0.15) is 13.2 Å². The molecule has 0 bridgehead atoms. The smallest absolute Gasteiger partial charge is 0.391 e. The largest absolute Gasteiger partial charge is 0.396 e. The van der Waals surface area contributed by atoms with Gasteiger partial charge in [0.15, 0.2) is 0 Å². The minimum atomic E-state index is -4.24. The SMILES string of the molecule is Nc1cc(NC(=O)CCCOCCC(F)(F)F)ccc1F. The lowest BCUT2D eigenvalue weighted by Crippen LogP contribution is -2.14. The van der Waals surface area contributed by atoms with Gasteiger partial charge in [-0.3, -0.25) is 4.79 Å². The molecule has 0 fully saturated rings. The van der Waals surface area contributed by atoms with Crippen molar-refractivity contribution in [3.63, 3.8) is 0 Å². The zero-order chi connectivity index (χ0) is 15.9. The van der Waals surface area contributed by atoms with Crippen molar-refractivity contribution < 1.29 is 27.1 Å². The van der Waals surface area contributed by atoms with E-state index < -0.39 is 25.0 Å². The molecule has 1 amide bonds. The van der Waals surface area contributed by atoms with E-state index in [1.807, 2.05) is 0 Å². The maximum atomic E-state index is 12.9. The van der Waals surface area contributed by atoms with Gasteiger partial charge in [0.1, 0.15) is 5.82 Å². The Hall–Kier alpha value is -1.83. The second kappa shape index (κ2) is 7.82. The van der Waals surface area contributed by atoms with Crippen LogP contribution in [0.25, 0.3) is 0 Å². The normalized spacial score (nSPS) is 11.4. The maximum Gasteiger partial charge on any atom is 0.391 e. The van der Waals surface area contributed by atoms with E-state index in [4.69, 9.17) is 10.5 Å². The fourth-order valence-corrected chi connectivity index (χ4v) is 1.47. The molecule has 0 aliphatic carbocycles. The zero-order valence-electron chi connectivity index (χ0n) is 11.2. The van der Waals surface area contributed by atoms with E-state index in [0.29, 0.717) is 12.1 Å². The molecule has 0 aliphatic rings. The molecule has 0 aliphatic heterocycles. The summed E-state index contributed by atoms with van der Waals surface area (Å²) in [5, 5.41) is 2.50. The molecular formula is C13H16F4N2O2. The zero-order valence-corrected chi connectivity index (χ0v) is 11.2. The van der Waals surface area contributed by atoms with E-state index in [2.05, 4.69) is 5.32 Å². The van der Waals surface area contributed by atoms with E-state index in [1.54, 1.807) is 0 Å². The maximum absolute atomic E-state index is 12.9. The van der Waals surface area contributed by atoms with Crippen molar-refractivity contribution in [2.24, 2.45) is 0 Å². The third-order valence-corrected chi connectivity index (χ3v) is 2.50. The molecule has 0 unspecified atom stereocenters. The third kappa shape index (κ3) is 7.50. The van der Waals surface area contributed by atoms with E-state index in [-0.39, 0.29) is 24.6 Å². The number of amides is 1. The average Bonchev–Trinajstić information content (AvgIpc) is 2.37. The molecule has 118 valence electrons. The first-order chi connectivity index (χ1) is 9.78. The van der Waals surface area contributed by atoms with Gasteiger partial charge in [-0.05, 0) is 24.6 Å². The first-order valence-electron chi connectivity index (χ1n) is 6.27. The fraction of sp³-hybridized carbons (Fsp3) is 0.462. The van der Waals surface area contributed by atoms with Crippen molar-refractivity contribution in [2.45, 2.75) is 25.4 Å². The molecule has 0 atom stereocenters. The van der Waals surface area contributed by atoms with Crippen molar-refractivity contribution >= 4 is 17.3 Å². The molecule has 4 nitrogen and oxygen atoms in total. The summed E-state index contributed by atoms with van der Waals surface area (Å²) >= 11 is 0. The van der Waals surface area contributed by atoms with Crippen molar-refractivity contribution in [3.8, 4) is 0 Å². The second-order valence-corrected chi connectivity index (χ2v) is 4.37. The minimum Gasteiger partial charge on any atom is -0.396 e. The minimum absolute atomic E-state index is 0.0645. The second-order valence-electron chi connectivity index (χ2n) is 4.37. The Balaban J connectivity index is 2.18. The van der Waals surface area contributed by atoms with Crippen LogP contribution < -0.4 is 11.1 Å². The van der Waals surface area contributed by atoms with Gasteiger partial charge in [0.25, 0.3) is 0 Å². The molecule has 0 saturated carbocycles. The Morgan fingerprint density at radius 3 is 2.62 bits per heavy atom. The number of nitrogen functional groups attached to an aromatic ring is 1. The summed E-state index contributed by atoms with van der Waals surface area (Å²) in [6.45, 7) is -0.353. The van der Waals surface area contributed by atoms with Crippen LogP contribution in [0.15, 0.2) is 18.2 Å². The highest BCUT2D eigenvalue weighted by Gasteiger charge is 2.26. The van der Waals surface area contributed by atoms with Gasteiger partial charge >= 0.3 is 6.18 Å². The summed E-state index contributed by atoms with van der Waals surface area (Å²) < 4.78 is 53.1. The Kier molecular flexibility index (Phi) is 6.41. The van der Waals surface area contributed by atoms with Gasteiger partial charge in [-0.1, -0.05) is 0 Å². The van der Waals surface area contributed by atoms with Gasteiger partial charge < -0.3 is 15.8 Å². The Labute approximate surface area is 119 Å². The first kappa shape index (κ1) is 17.2. The summed E-state index contributed by atoms with van der Waals surface area (Å²) in [7, 11) is 0. The number of halogens is 4. The van der Waals surface area contributed by atoms with Crippen LogP contribution >= 0.6 is 0 Å². The van der Waals surface area contributed by atoms with E-state index in [1.165, 1.54) is 12.1 Å². The van der Waals surface area contributed by atoms with Gasteiger partial charge in [0, 0.05) is 18.7 Å². The monoisotopic (exact) mass is 308 g/mol. The predicted molar refractivity (Wildman–Crippen MR) is 70.2 cm³/mol. The van der Waals surface area contributed by atoms with Crippen LogP contribution in [-0.4, -0.2) is 25.3 Å². The number of benzene rings is 1. The predicted octanol–water partition coefficient (Wildman–Crippen LogP) is 3.10. The lowest BCUT2D eigenvalue weighted by molar-refractivity contribution is -0.145. The highest BCUT2D eigenvalue weighted by Crippen LogP contribution is 2.19. The lowest BCUT2D eigenvalue weighted by Gasteiger charge is -2.08. The Morgan fingerprint density at radius 2 is 2.00 bits per heavy atom. The van der Waals surface area contributed by atoms with Gasteiger partial charge in [0.05, 0.1) is 18.7 Å². The number of carbonyl (C=O) groups excluding carboxylic acids is 1. The number of ether oxygens (including phenoxy) is 1. The van der Waals surface area contributed by atoms with E-state index >= 15 is 0 Å². The van der Waals surface area contributed by atoms with Crippen LogP contribution in [0, 0.1) is 5.82 Å². The highest BCUT2D eigenvalue weighted by molar-refractivity contribution is 5.91.